The number of hydrogen-bond acceptors (Lipinski definition) is 7. The van der Waals surface area contributed by atoms with Gasteiger partial charge >= 0.3 is 0 Å². The van der Waals surface area contributed by atoms with Crippen molar-refractivity contribution in [2.45, 2.75) is 0 Å². The van der Waals surface area contributed by atoms with Gasteiger partial charge in [0.05, 0.1) is 16.7 Å². The summed E-state index contributed by atoms with van der Waals surface area (Å²) >= 11 is 0. The van der Waals surface area contributed by atoms with Gasteiger partial charge in [-0.1, -0.05) is 30.3 Å². The summed E-state index contributed by atoms with van der Waals surface area (Å²) in [5.74, 6) is 5.79. The molecule has 2 heterocycles. The van der Waals surface area contributed by atoms with Gasteiger partial charge in [-0.25, -0.2) is 5.84 Å². The number of para-hydroxylation sites is 1. The predicted octanol–water partition coefficient (Wildman–Crippen LogP) is 4.46. The molecule has 7 heteroatoms. The lowest BCUT2D eigenvalue weighted by molar-refractivity contribution is 0.476. The predicted molar refractivity (Wildman–Crippen MR) is 130 cm³/mol. The highest BCUT2D eigenvalue weighted by Crippen LogP contribution is 2.27. The third-order valence-electron chi connectivity index (χ3n) is 4.54. The van der Waals surface area contributed by atoms with Crippen LogP contribution in [0.4, 0.5) is 11.4 Å². The second-order valence-electron chi connectivity index (χ2n) is 6.90. The maximum absolute atomic E-state index is 9.25. The Labute approximate surface area is 186 Å². The Morgan fingerprint density at radius 1 is 0.750 bits per heavy atom. The quantitative estimate of drug-likeness (QED) is 0.135. The van der Waals surface area contributed by atoms with Gasteiger partial charge in [0.25, 0.3) is 0 Å². The SMILES string of the molecule is CN(N)c1ccccc1.Nc1c(O)ccc2cccnc12.Oc1ccc2cccnc2c1. The van der Waals surface area contributed by atoms with Crippen molar-refractivity contribution in [2.75, 3.05) is 17.8 Å². The van der Waals surface area contributed by atoms with E-state index in [0.29, 0.717) is 11.2 Å². The molecule has 5 aromatic rings. The number of rotatable bonds is 1. The molecule has 0 bridgehead atoms. The van der Waals surface area contributed by atoms with Gasteiger partial charge in [0.2, 0.25) is 0 Å². The van der Waals surface area contributed by atoms with Crippen LogP contribution in [0.3, 0.4) is 0 Å². The Kier molecular flexibility index (Phi) is 7.40. The molecule has 32 heavy (non-hydrogen) atoms. The van der Waals surface area contributed by atoms with Crippen LogP contribution in [0.5, 0.6) is 11.5 Å². The van der Waals surface area contributed by atoms with Crippen LogP contribution < -0.4 is 16.6 Å². The number of benzene rings is 3. The van der Waals surface area contributed by atoms with Crippen molar-refractivity contribution in [2.24, 2.45) is 5.84 Å². The van der Waals surface area contributed by atoms with Crippen molar-refractivity contribution in [3.05, 3.63) is 97.3 Å². The fraction of sp³-hybridized carbons (Fsp3) is 0.0400. The minimum atomic E-state index is 0.0844. The zero-order chi connectivity index (χ0) is 22.9. The van der Waals surface area contributed by atoms with Gasteiger partial charge in [-0.05, 0) is 48.5 Å². The number of nitrogens with two attached hydrogens (primary N) is 2. The van der Waals surface area contributed by atoms with Crippen molar-refractivity contribution in [1.29, 1.82) is 0 Å². The summed E-state index contributed by atoms with van der Waals surface area (Å²) in [5, 5.41) is 21.9. The third kappa shape index (κ3) is 5.84. The molecule has 3 aromatic carbocycles. The van der Waals surface area contributed by atoms with Gasteiger partial charge in [0.15, 0.2) is 0 Å². The summed E-state index contributed by atoms with van der Waals surface area (Å²) < 4.78 is 0. The lowest BCUT2D eigenvalue weighted by atomic mass is 10.2. The molecule has 0 saturated carbocycles. The molecule has 2 aromatic heterocycles. The third-order valence-corrected chi connectivity index (χ3v) is 4.54. The molecule has 0 aliphatic carbocycles. The number of fused-ring (bicyclic) bond motifs is 2. The van der Waals surface area contributed by atoms with E-state index in [0.717, 1.165) is 22.0 Å². The maximum Gasteiger partial charge on any atom is 0.140 e. The minimum absolute atomic E-state index is 0.0844. The van der Waals surface area contributed by atoms with Crippen molar-refractivity contribution in [1.82, 2.24) is 9.97 Å². The van der Waals surface area contributed by atoms with Crippen LogP contribution in [0.1, 0.15) is 0 Å². The van der Waals surface area contributed by atoms with Crippen LogP contribution in [-0.4, -0.2) is 27.2 Å². The fourth-order valence-electron chi connectivity index (χ4n) is 2.88. The fourth-order valence-corrected chi connectivity index (χ4v) is 2.88. The molecule has 0 amide bonds. The lowest BCUT2D eigenvalue weighted by Gasteiger charge is -2.09. The number of hydrazine groups is 1. The Balaban J connectivity index is 0.000000137. The number of nitrogen functional groups attached to an aromatic ring is 1. The van der Waals surface area contributed by atoms with Crippen LogP contribution >= 0.6 is 0 Å². The monoisotopic (exact) mass is 427 g/mol. The Hall–Kier alpha value is -4.36. The van der Waals surface area contributed by atoms with E-state index in [1.807, 2.05) is 67.7 Å². The van der Waals surface area contributed by atoms with Crippen molar-refractivity contribution >= 4 is 33.2 Å². The Morgan fingerprint density at radius 2 is 1.41 bits per heavy atom. The highest BCUT2D eigenvalue weighted by Gasteiger charge is 2.02. The summed E-state index contributed by atoms with van der Waals surface area (Å²) in [6.45, 7) is 0. The molecule has 162 valence electrons. The van der Waals surface area contributed by atoms with Gasteiger partial charge in [-0.2, -0.15) is 0 Å². The van der Waals surface area contributed by atoms with E-state index in [1.165, 1.54) is 0 Å². The summed E-state index contributed by atoms with van der Waals surface area (Å²) in [7, 11) is 1.81. The van der Waals surface area contributed by atoms with Crippen molar-refractivity contribution in [3.8, 4) is 11.5 Å². The number of pyridine rings is 2. The first-order valence-electron chi connectivity index (χ1n) is 9.85. The van der Waals surface area contributed by atoms with Gasteiger partial charge in [-0.3, -0.25) is 9.97 Å². The molecule has 0 unspecified atom stereocenters. The van der Waals surface area contributed by atoms with E-state index in [2.05, 4.69) is 9.97 Å². The van der Waals surface area contributed by atoms with Gasteiger partial charge in [-0.15, -0.1) is 0 Å². The molecule has 6 N–H and O–H groups in total. The largest absolute Gasteiger partial charge is 0.508 e. The molecule has 5 rings (SSSR count). The average molecular weight is 428 g/mol. The first-order valence-corrected chi connectivity index (χ1v) is 9.85. The van der Waals surface area contributed by atoms with Crippen LogP contribution in [0.15, 0.2) is 97.3 Å². The number of phenolic OH excluding ortho intramolecular Hbond substituents is 2. The van der Waals surface area contributed by atoms with Crippen LogP contribution in [0, 0.1) is 0 Å². The van der Waals surface area contributed by atoms with E-state index >= 15 is 0 Å². The standard InChI is InChI=1S/C9H8N2O.C9H7NO.C7H10N2/c10-8-7(12)4-3-6-2-1-5-11-9(6)8;11-8-4-3-7-2-1-5-10-9(7)6-8;1-9(8)7-5-3-2-4-6-7/h1-5,12H,10H2;1-6,11H;2-6H,8H2,1H3. The van der Waals surface area contributed by atoms with Crippen LogP contribution in [-0.2, 0) is 0 Å². The van der Waals surface area contributed by atoms with Crippen molar-refractivity contribution < 1.29 is 10.2 Å². The normalized spacial score (nSPS) is 9.94. The molecule has 0 spiro atoms. The molecular formula is C25H25N5O2. The second-order valence-corrected chi connectivity index (χ2v) is 6.90. The minimum Gasteiger partial charge on any atom is -0.508 e. The maximum atomic E-state index is 9.25. The van der Waals surface area contributed by atoms with E-state index in [1.54, 1.807) is 41.7 Å². The highest BCUT2D eigenvalue weighted by atomic mass is 16.3. The Bertz CT molecular complexity index is 1290. The molecule has 7 nitrogen and oxygen atoms in total. The van der Waals surface area contributed by atoms with Gasteiger partial charge in [0, 0.05) is 36.3 Å². The van der Waals surface area contributed by atoms with Crippen LogP contribution in [0.25, 0.3) is 21.8 Å². The topological polar surface area (TPSA) is 122 Å². The molecular weight excluding hydrogens is 402 g/mol. The van der Waals surface area contributed by atoms with Crippen molar-refractivity contribution in [3.63, 3.8) is 0 Å². The molecule has 0 atom stereocenters. The number of aromatic hydroxyl groups is 2. The average Bonchev–Trinajstić information content (AvgIpc) is 2.83. The van der Waals surface area contributed by atoms with E-state index in [-0.39, 0.29) is 11.5 Å². The van der Waals surface area contributed by atoms with Crippen LogP contribution in [0.2, 0.25) is 0 Å². The van der Waals surface area contributed by atoms with E-state index in [9.17, 15) is 5.11 Å². The van der Waals surface area contributed by atoms with E-state index < -0.39 is 0 Å². The molecule has 0 saturated heterocycles. The smallest absolute Gasteiger partial charge is 0.140 e. The highest BCUT2D eigenvalue weighted by molar-refractivity contribution is 5.92. The zero-order valence-electron chi connectivity index (χ0n) is 17.6. The van der Waals surface area contributed by atoms with Gasteiger partial charge in [0.1, 0.15) is 17.2 Å². The molecule has 0 aliphatic rings. The van der Waals surface area contributed by atoms with E-state index in [4.69, 9.17) is 16.7 Å². The number of phenols is 2. The molecule has 0 aliphatic heterocycles. The second kappa shape index (κ2) is 10.6. The molecule has 0 radical (unpaired) electrons. The first kappa shape index (κ1) is 22.3. The summed E-state index contributed by atoms with van der Waals surface area (Å²) in [5.41, 5.74) is 8.45. The zero-order valence-corrected chi connectivity index (χ0v) is 17.6. The number of nitrogens with zero attached hydrogens (tertiary/aromatic N) is 3. The summed E-state index contributed by atoms with van der Waals surface area (Å²) in [6, 6.07) is 25.9. The summed E-state index contributed by atoms with van der Waals surface area (Å²) in [4.78, 5) is 8.14. The summed E-state index contributed by atoms with van der Waals surface area (Å²) in [6.07, 6.45) is 3.36. The number of aromatic nitrogens is 2. The Morgan fingerprint density at radius 3 is 2.09 bits per heavy atom. The van der Waals surface area contributed by atoms with Gasteiger partial charge < -0.3 is 21.0 Å². The lowest BCUT2D eigenvalue weighted by Crippen LogP contribution is -2.24. The number of hydrogen-bond donors (Lipinski definition) is 4. The molecule has 0 fully saturated rings. The number of anilines is 2. The first-order chi connectivity index (χ1) is 15.5.